The first-order valence-electron chi connectivity index (χ1n) is 10.7. The number of urea groups is 1. The highest BCUT2D eigenvalue weighted by molar-refractivity contribution is 6.40. The number of amides is 4. The van der Waals surface area contributed by atoms with Crippen LogP contribution in [-0.2, 0) is 15.8 Å². The highest BCUT2D eigenvalue weighted by Crippen LogP contribution is 2.39. The van der Waals surface area contributed by atoms with Crippen LogP contribution in [0, 0.1) is 17.0 Å². The molecule has 1 fully saturated rings. The van der Waals surface area contributed by atoms with Gasteiger partial charge < -0.3 is 4.74 Å². The predicted molar refractivity (Wildman–Crippen MR) is 130 cm³/mol. The molecular weight excluding hydrogens is 531 g/mol. The van der Waals surface area contributed by atoms with Gasteiger partial charge in [-0.3, -0.25) is 25.0 Å². The van der Waals surface area contributed by atoms with Crippen LogP contribution in [0.5, 0.6) is 11.5 Å². The topological polar surface area (TPSA) is 119 Å². The normalized spacial score (nSPS) is 15.0. The number of benzene rings is 3. The van der Waals surface area contributed by atoms with E-state index < -0.39 is 51.5 Å². The molecule has 1 N–H and O–H groups in total. The largest absolute Gasteiger partial charge is 0.449 e. The molecule has 0 aliphatic carbocycles. The molecule has 194 valence electrons. The van der Waals surface area contributed by atoms with Gasteiger partial charge in [0.15, 0.2) is 0 Å². The number of anilines is 1. The van der Waals surface area contributed by atoms with E-state index in [9.17, 15) is 37.7 Å². The number of ether oxygens (including phenoxy) is 1. The molecule has 3 aromatic rings. The Morgan fingerprint density at radius 2 is 1.74 bits per heavy atom. The van der Waals surface area contributed by atoms with Gasteiger partial charge in [0, 0.05) is 16.7 Å². The molecule has 9 nitrogen and oxygen atoms in total. The van der Waals surface area contributed by atoms with E-state index in [4.69, 9.17) is 16.3 Å². The lowest BCUT2D eigenvalue weighted by Crippen LogP contribution is -2.54. The van der Waals surface area contributed by atoms with Gasteiger partial charge in [0.25, 0.3) is 11.8 Å². The molecule has 0 spiro atoms. The molecule has 1 heterocycles. The number of para-hydroxylation sites is 1. The minimum atomic E-state index is -4.81. The summed E-state index contributed by atoms with van der Waals surface area (Å²) in [5.74, 6) is -2.59. The van der Waals surface area contributed by atoms with Gasteiger partial charge in [-0.15, -0.1) is 0 Å². The van der Waals surface area contributed by atoms with Crippen molar-refractivity contribution in [3.05, 3.63) is 98.1 Å². The summed E-state index contributed by atoms with van der Waals surface area (Å²) in [5, 5.41) is 13.8. The standard InChI is InChI=1S/C25H15ClF3N3O6/c1-13-17(26)6-4-7-18(13)31-23(34)16(22(33)30-24(31)35)11-14-5-2-3-8-20(14)38-21-10-9-15(25(27,28)29)12-19(21)32(36)37/h2-12H,1H3,(H,30,33,35)/b16-11+. The van der Waals surface area contributed by atoms with Crippen molar-refractivity contribution in [2.75, 3.05) is 4.90 Å². The number of hydrogen-bond donors (Lipinski definition) is 1. The van der Waals surface area contributed by atoms with Gasteiger partial charge in [-0.05, 0) is 48.9 Å². The fourth-order valence-electron chi connectivity index (χ4n) is 3.60. The predicted octanol–water partition coefficient (Wildman–Crippen LogP) is 6.03. The molecule has 0 aromatic heterocycles. The van der Waals surface area contributed by atoms with Crippen LogP contribution in [0.2, 0.25) is 5.02 Å². The molecule has 13 heteroatoms. The third-order valence-corrected chi connectivity index (χ3v) is 5.91. The lowest BCUT2D eigenvalue weighted by atomic mass is 10.0. The SMILES string of the molecule is Cc1c(Cl)cccc1N1C(=O)NC(=O)/C(=C\c2ccccc2Oc2ccc(C(F)(F)F)cc2[N+](=O)[O-])C1=O. The van der Waals surface area contributed by atoms with E-state index in [1.807, 2.05) is 0 Å². The number of carbonyl (C=O) groups is 3. The van der Waals surface area contributed by atoms with Crippen LogP contribution < -0.4 is 15.0 Å². The van der Waals surface area contributed by atoms with Crippen LogP contribution >= 0.6 is 11.6 Å². The van der Waals surface area contributed by atoms with Crippen LogP contribution in [0.3, 0.4) is 0 Å². The molecule has 1 aliphatic heterocycles. The maximum absolute atomic E-state index is 13.3. The van der Waals surface area contributed by atoms with Gasteiger partial charge in [-0.1, -0.05) is 35.9 Å². The van der Waals surface area contributed by atoms with Crippen molar-refractivity contribution in [3.8, 4) is 11.5 Å². The first-order valence-corrected chi connectivity index (χ1v) is 11.1. The Morgan fingerprint density at radius 1 is 1.03 bits per heavy atom. The molecule has 4 rings (SSSR count). The van der Waals surface area contributed by atoms with E-state index in [2.05, 4.69) is 5.32 Å². The second kappa shape index (κ2) is 9.98. The monoisotopic (exact) mass is 545 g/mol. The minimum Gasteiger partial charge on any atom is -0.449 e. The van der Waals surface area contributed by atoms with Crippen molar-refractivity contribution in [1.29, 1.82) is 0 Å². The fourth-order valence-corrected chi connectivity index (χ4v) is 3.77. The van der Waals surface area contributed by atoms with Gasteiger partial charge in [0.2, 0.25) is 5.75 Å². The molecule has 0 saturated carbocycles. The maximum atomic E-state index is 13.3. The van der Waals surface area contributed by atoms with Crippen molar-refractivity contribution in [3.63, 3.8) is 0 Å². The number of nitrogens with zero attached hydrogens (tertiary/aromatic N) is 2. The van der Waals surface area contributed by atoms with Crippen molar-refractivity contribution in [1.82, 2.24) is 5.32 Å². The molecule has 1 aliphatic rings. The maximum Gasteiger partial charge on any atom is 0.416 e. The van der Waals surface area contributed by atoms with Crippen LogP contribution in [0.4, 0.5) is 29.3 Å². The Bertz CT molecular complexity index is 1540. The van der Waals surface area contributed by atoms with Crippen molar-refractivity contribution < 1.29 is 37.2 Å². The van der Waals surface area contributed by atoms with Crippen LogP contribution in [0.25, 0.3) is 6.08 Å². The van der Waals surface area contributed by atoms with Gasteiger partial charge in [0.1, 0.15) is 11.3 Å². The molecule has 0 atom stereocenters. The Morgan fingerprint density at radius 3 is 2.42 bits per heavy atom. The van der Waals surface area contributed by atoms with Crippen LogP contribution in [0.1, 0.15) is 16.7 Å². The Balaban J connectivity index is 1.75. The van der Waals surface area contributed by atoms with E-state index >= 15 is 0 Å². The number of imide groups is 2. The summed E-state index contributed by atoms with van der Waals surface area (Å²) in [6.07, 6.45) is -3.72. The highest BCUT2D eigenvalue weighted by Gasteiger charge is 2.38. The van der Waals surface area contributed by atoms with Gasteiger partial charge in [0.05, 0.1) is 16.2 Å². The zero-order valence-corrected chi connectivity index (χ0v) is 20.0. The molecule has 0 bridgehead atoms. The fraction of sp³-hybridized carbons (Fsp3) is 0.0800. The summed E-state index contributed by atoms with van der Waals surface area (Å²) in [6.45, 7) is 1.58. The number of nitrogens with one attached hydrogen (secondary N) is 1. The Labute approximate surface area is 217 Å². The molecule has 1 saturated heterocycles. The second-order valence-corrected chi connectivity index (χ2v) is 8.33. The van der Waals surface area contributed by atoms with Gasteiger partial charge in [-0.2, -0.15) is 13.2 Å². The van der Waals surface area contributed by atoms with Crippen LogP contribution in [0.15, 0.2) is 66.2 Å². The van der Waals surface area contributed by atoms with Crippen molar-refractivity contribution >= 4 is 46.9 Å². The zero-order valence-electron chi connectivity index (χ0n) is 19.2. The molecule has 0 unspecified atom stereocenters. The number of carbonyl (C=O) groups excluding carboxylic acids is 3. The van der Waals surface area contributed by atoms with E-state index in [0.717, 1.165) is 17.0 Å². The summed E-state index contributed by atoms with van der Waals surface area (Å²) < 4.78 is 44.7. The summed E-state index contributed by atoms with van der Waals surface area (Å²) in [6, 6.07) is 11.0. The molecule has 3 aromatic carbocycles. The number of rotatable bonds is 5. The van der Waals surface area contributed by atoms with Gasteiger partial charge >= 0.3 is 17.9 Å². The highest BCUT2D eigenvalue weighted by atomic mass is 35.5. The Kier molecular flexibility index (Phi) is 6.92. The third kappa shape index (κ3) is 5.06. The van der Waals surface area contributed by atoms with Crippen LogP contribution in [-0.4, -0.2) is 22.8 Å². The summed E-state index contributed by atoms with van der Waals surface area (Å²) >= 11 is 6.11. The summed E-state index contributed by atoms with van der Waals surface area (Å²) in [5.41, 5.74) is -2.02. The average molecular weight is 546 g/mol. The summed E-state index contributed by atoms with van der Waals surface area (Å²) in [7, 11) is 0. The third-order valence-electron chi connectivity index (χ3n) is 5.50. The van der Waals surface area contributed by atoms with E-state index in [-0.39, 0.29) is 22.0 Å². The zero-order chi connectivity index (χ0) is 27.8. The first kappa shape index (κ1) is 26.4. The van der Waals surface area contributed by atoms with Crippen molar-refractivity contribution in [2.24, 2.45) is 0 Å². The minimum absolute atomic E-state index is 0.0808. The van der Waals surface area contributed by atoms with E-state index in [1.165, 1.54) is 36.4 Å². The van der Waals surface area contributed by atoms with E-state index in [0.29, 0.717) is 17.7 Å². The lowest BCUT2D eigenvalue weighted by molar-refractivity contribution is -0.385. The second-order valence-electron chi connectivity index (χ2n) is 7.92. The smallest absolute Gasteiger partial charge is 0.416 e. The number of nitro groups is 1. The number of hydrogen-bond acceptors (Lipinski definition) is 6. The number of barbiturate groups is 1. The molecule has 0 radical (unpaired) electrons. The van der Waals surface area contributed by atoms with Gasteiger partial charge in [-0.25, -0.2) is 9.69 Å². The molecule has 38 heavy (non-hydrogen) atoms. The molecule has 4 amide bonds. The quantitative estimate of drug-likeness (QED) is 0.181. The average Bonchev–Trinajstić information content (AvgIpc) is 2.84. The first-order chi connectivity index (χ1) is 17.9. The Hall–Kier alpha value is -4.71. The van der Waals surface area contributed by atoms with Crippen molar-refractivity contribution in [2.45, 2.75) is 13.1 Å². The summed E-state index contributed by atoms with van der Waals surface area (Å²) in [4.78, 5) is 49.5. The van der Waals surface area contributed by atoms with E-state index in [1.54, 1.807) is 13.0 Å². The number of halogens is 4. The lowest BCUT2D eigenvalue weighted by Gasteiger charge is -2.27. The number of nitro benzene ring substituents is 1. The molecular formula is C25H15ClF3N3O6. The number of alkyl halides is 3.